The van der Waals surface area contributed by atoms with Crippen LogP contribution in [0.5, 0.6) is 0 Å². The van der Waals surface area contributed by atoms with Crippen LogP contribution in [0.1, 0.15) is 0 Å². The van der Waals surface area contributed by atoms with Crippen molar-refractivity contribution in [1.29, 1.82) is 10.5 Å². The zero-order valence-corrected chi connectivity index (χ0v) is 8.21. The van der Waals surface area contributed by atoms with Crippen molar-refractivity contribution in [2.45, 2.75) is 6.18 Å². The van der Waals surface area contributed by atoms with E-state index in [1.807, 2.05) is 0 Å². The predicted molar refractivity (Wildman–Crippen MR) is 49.3 cm³/mol. The molecule has 0 fully saturated rings. The van der Waals surface area contributed by atoms with Crippen molar-refractivity contribution in [3.63, 3.8) is 0 Å². The standard InChI is InChI=1S/C10H6F3N3/c1-16-6-8(10(11,12)13)2-3-9(16)7(4-14)5-15/h2-3,6H,1H3. The molecule has 0 aromatic carbocycles. The number of hydrogen-bond donors (Lipinski definition) is 0. The summed E-state index contributed by atoms with van der Waals surface area (Å²) >= 11 is 0. The molecule has 0 spiro atoms. The molecule has 6 heteroatoms. The average molecular weight is 225 g/mol. The summed E-state index contributed by atoms with van der Waals surface area (Å²) in [6, 6.07) is 3.24. The predicted octanol–water partition coefficient (Wildman–Crippen LogP) is 2.24. The number of nitrogens with zero attached hydrogens (tertiary/aromatic N) is 3. The second-order valence-electron chi connectivity index (χ2n) is 3.01. The largest absolute Gasteiger partial charge is 0.417 e. The molecule has 0 aliphatic carbocycles. The van der Waals surface area contributed by atoms with Gasteiger partial charge >= 0.3 is 6.18 Å². The van der Waals surface area contributed by atoms with Crippen LogP contribution in [0.4, 0.5) is 13.2 Å². The van der Waals surface area contributed by atoms with E-state index >= 15 is 0 Å². The van der Waals surface area contributed by atoms with E-state index in [-0.39, 0.29) is 11.3 Å². The van der Waals surface area contributed by atoms with Gasteiger partial charge in [-0.3, -0.25) is 0 Å². The van der Waals surface area contributed by atoms with Crippen molar-refractivity contribution in [3.8, 4) is 12.1 Å². The Bertz CT molecular complexity index is 453. The molecule has 16 heavy (non-hydrogen) atoms. The Kier molecular flexibility index (Phi) is 3.05. The SMILES string of the molecule is CN1C=C(C(F)(F)F)C=CC1=C(C#N)C#N. The van der Waals surface area contributed by atoms with E-state index in [4.69, 9.17) is 10.5 Å². The monoisotopic (exact) mass is 225 g/mol. The number of allylic oxidation sites excluding steroid dienone is 4. The summed E-state index contributed by atoms with van der Waals surface area (Å²) in [5.41, 5.74) is -0.900. The minimum Gasteiger partial charge on any atom is -0.349 e. The quantitative estimate of drug-likeness (QED) is 0.594. The van der Waals surface area contributed by atoms with Gasteiger partial charge in [0.05, 0.1) is 11.3 Å². The molecular formula is C10H6F3N3. The van der Waals surface area contributed by atoms with E-state index in [9.17, 15) is 13.2 Å². The lowest BCUT2D eigenvalue weighted by molar-refractivity contribution is -0.0892. The van der Waals surface area contributed by atoms with E-state index in [1.54, 1.807) is 12.1 Å². The summed E-state index contributed by atoms with van der Waals surface area (Å²) in [6.07, 6.45) is -1.66. The normalized spacial score (nSPS) is 15.2. The van der Waals surface area contributed by atoms with Gasteiger partial charge < -0.3 is 4.90 Å². The number of likely N-dealkylation sites (N-methyl/N-ethyl adjacent to an activating group) is 1. The van der Waals surface area contributed by atoms with Crippen molar-refractivity contribution < 1.29 is 13.2 Å². The molecule has 82 valence electrons. The van der Waals surface area contributed by atoms with Crippen LogP contribution in [0, 0.1) is 22.7 Å². The third-order valence-corrected chi connectivity index (χ3v) is 1.94. The fourth-order valence-electron chi connectivity index (χ4n) is 1.17. The Morgan fingerprint density at radius 2 is 1.81 bits per heavy atom. The number of rotatable bonds is 0. The minimum atomic E-state index is -4.43. The number of nitriles is 2. The second kappa shape index (κ2) is 4.11. The van der Waals surface area contributed by atoms with Gasteiger partial charge in [-0.2, -0.15) is 23.7 Å². The average Bonchev–Trinajstić information content (AvgIpc) is 2.20. The Morgan fingerprint density at radius 1 is 1.25 bits per heavy atom. The van der Waals surface area contributed by atoms with Crippen LogP contribution in [-0.2, 0) is 0 Å². The Morgan fingerprint density at radius 3 is 2.19 bits per heavy atom. The van der Waals surface area contributed by atoms with Crippen molar-refractivity contribution in [2.75, 3.05) is 7.05 Å². The van der Waals surface area contributed by atoms with Gasteiger partial charge in [0.25, 0.3) is 0 Å². The third-order valence-electron chi connectivity index (χ3n) is 1.94. The first-order chi connectivity index (χ1) is 7.40. The van der Waals surface area contributed by atoms with Gasteiger partial charge in [0.1, 0.15) is 12.1 Å². The molecule has 0 saturated carbocycles. The maximum absolute atomic E-state index is 12.3. The lowest BCUT2D eigenvalue weighted by Crippen LogP contribution is -2.20. The zero-order valence-electron chi connectivity index (χ0n) is 8.21. The summed E-state index contributed by atoms with van der Waals surface area (Å²) in [4.78, 5) is 1.10. The molecule has 1 heterocycles. The summed E-state index contributed by atoms with van der Waals surface area (Å²) in [6.45, 7) is 0. The van der Waals surface area contributed by atoms with Crippen LogP contribution in [0.3, 0.4) is 0 Å². The van der Waals surface area contributed by atoms with Crippen LogP contribution in [0.15, 0.2) is 35.2 Å². The highest BCUT2D eigenvalue weighted by molar-refractivity contribution is 5.48. The summed E-state index contributed by atoms with van der Waals surface area (Å²) in [5.74, 6) is 0. The first-order valence-electron chi connectivity index (χ1n) is 4.14. The van der Waals surface area contributed by atoms with Crippen LogP contribution >= 0.6 is 0 Å². The molecule has 1 rings (SSSR count). The topological polar surface area (TPSA) is 50.8 Å². The van der Waals surface area contributed by atoms with E-state index in [0.29, 0.717) is 0 Å². The molecule has 0 radical (unpaired) electrons. The van der Waals surface area contributed by atoms with Crippen LogP contribution in [0.25, 0.3) is 0 Å². The highest BCUT2D eigenvalue weighted by Crippen LogP contribution is 2.30. The van der Waals surface area contributed by atoms with Gasteiger partial charge in [-0.15, -0.1) is 0 Å². The van der Waals surface area contributed by atoms with Crippen molar-refractivity contribution in [2.24, 2.45) is 0 Å². The first-order valence-corrected chi connectivity index (χ1v) is 4.14. The van der Waals surface area contributed by atoms with Gasteiger partial charge in [0.15, 0.2) is 5.57 Å². The number of alkyl halides is 3. The van der Waals surface area contributed by atoms with E-state index < -0.39 is 11.7 Å². The second-order valence-corrected chi connectivity index (χ2v) is 3.01. The van der Waals surface area contributed by atoms with Gasteiger partial charge in [0.2, 0.25) is 0 Å². The van der Waals surface area contributed by atoms with Crippen molar-refractivity contribution in [3.05, 3.63) is 35.2 Å². The molecule has 1 aliphatic rings. The summed E-state index contributed by atoms with van der Waals surface area (Å²) in [5, 5.41) is 17.2. The van der Waals surface area contributed by atoms with Crippen LogP contribution < -0.4 is 0 Å². The highest BCUT2D eigenvalue weighted by atomic mass is 19.4. The fourth-order valence-corrected chi connectivity index (χ4v) is 1.17. The van der Waals surface area contributed by atoms with E-state index in [0.717, 1.165) is 23.3 Å². The van der Waals surface area contributed by atoms with Gasteiger partial charge in [0, 0.05) is 13.2 Å². The fraction of sp³-hybridized carbons (Fsp3) is 0.200. The molecule has 0 N–H and O–H groups in total. The number of hydrogen-bond acceptors (Lipinski definition) is 3. The van der Waals surface area contributed by atoms with E-state index in [2.05, 4.69) is 0 Å². The summed E-state index contributed by atoms with van der Waals surface area (Å²) in [7, 11) is 1.35. The Balaban J connectivity index is 3.15. The molecule has 0 saturated heterocycles. The molecule has 1 aliphatic heterocycles. The van der Waals surface area contributed by atoms with Crippen molar-refractivity contribution >= 4 is 0 Å². The third kappa shape index (κ3) is 2.23. The highest BCUT2D eigenvalue weighted by Gasteiger charge is 2.33. The maximum atomic E-state index is 12.3. The smallest absolute Gasteiger partial charge is 0.349 e. The summed E-state index contributed by atoms with van der Waals surface area (Å²) < 4.78 is 36.9. The van der Waals surface area contributed by atoms with E-state index in [1.165, 1.54) is 7.05 Å². The molecule has 0 unspecified atom stereocenters. The maximum Gasteiger partial charge on any atom is 0.417 e. The zero-order chi connectivity index (χ0) is 12.3. The molecule has 0 bridgehead atoms. The lowest BCUT2D eigenvalue weighted by Gasteiger charge is -2.22. The molecule has 0 atom stereocenters. The Hall–Kier alpha value is -2.21. The molecule has 0 aromatic rings. The molecule has 3 nitrogen and oxygen atoms in total. The first kappa shape index (κ1) is 11.9. The molecule has 0 amide bonds. The van der Waals surface area contributed by atoms with Gasteiger partial charge in [-0.05, 0) is 12.2 Å². The van der Waals surface area contributed by atoms with Gasteiger partial charge in [-0.25, -0.2) is 0 Å². The molecular weight excluding hydrogens is 219 g/mol. The van der Waals surface area contributed by atoms with Crippen LogP contribution in [0.2, 0.25) is 0 Å². The van der Waals surface area contributed by atoms with Crippen molar-refractivity contribution in [1.82, 2.24) is 4.90 Å². The minimum absolute atomic E-state index is 0.151. The van der Waals surface area contributed by atoms with Crippen LogP contribution in [-0.4, -0.2) is 18.1 Å². The molecule has 0 aromatic heterocycles. The van der Waals surface area contributed by atoms with Gasteiger partial charge in [-0.1, -0.05) is 0 Å². The Labute approximate surface area is 90.0 Å². The number of halogens is 3. The lowest BCUT2D eigenvalue weighted by atomic mass is 10.1.